The van der Waals surface area contributed by atoms with E-state index in [1.54, 1.807) is 11.8 Å². The Bertz CT molecular complexity index is 624. The van der Waals surface area contributed by atoms with E-state index in [-0.39, 0.29) is 24.0 Å². The maximum atomic E-state index is 4.25. The average molecular weight is 439 g/mol. The van der Waals surface area contributed by atoms with Gasteiger partial charge in [-0.1, -0.05) is 42.1 Å². The Kier molecular flexibility index (Phi) is 7.23. The number of nitrogens with one attached hydrogen (secondary N) is 2. The lowest BCUT2D eigenvalue weighted by molar-refractivity contribution is 0.805. The second-order valence-corrected chi connectivity index (χ2v) is 6.55. The Morgan fingerprint density at radius 1 is 1.04 bits per heavy atom. The van der Waals surface area contributed by atoms with Gasteiger partial charge < -0.3 is 10.6 Å². The third kappa shape index (κ3) is 6.06. The fourth-order valence-corrected chi connectivity index (χ4v) is 2.94. The van der Waals surface area contributed by atoms with Crippen LogP contribution in [0.25, 0.3) is 0 Å². The molecule has 2 aromatic carbocycles. The van der Waals surface area contributed by atoms with E-state index in [9.17, 15) is 0 Å². The van der Waals surface area contributed by atoms with Crippen molar-refractivity contribution in [2.45, 2.75) is 35.2 Å². The van der Waals surface area contributed by atoms with Crippen molar-refractivity contribution in [2.75, 3.05) is 7.05 Å². The summed E-state index contributed by atoms with van der Waals surface area (Å²) < 4.78 is 0. The molecule has 2 N–H and O–H groups in total. The topological polar surface area (TPSA) is 36.4 Å². The van der Waals surface area contributed by atoms with Crippen molar-refractivity contribution in [3.63, 3.8) is 0 Å². The van der Waals surface area contributed by atoms with E-state index in [0.717, 1.165) is 12.5 Å². The average Bonchev–Trinajstić information content (AvgIpc) is 3.38. The highest BCUT2D eigenvalue weighted by atomic mass is 127. The molecule has 1 fully saturated rings. The highest BCUT2D eigenvalue weighted by Gasteiger charge is 2.21. The van der Waals surface area contributed by atoms with Gasteiger partial charge in [0.15, 0.2) is 5.96 Å². The van der Waals surface area contributed by atoms with Gasteiger partial charge in [-0.15, -0.1) is 24.0 Å². The third-order valence-corrected chi connectivity index (χ3v) is 4.52. The molecule has 5 heteroatoms. The van der Waals surface area contributed by atoms with Crippen molar-refractivity contribution in [1.29, 1.82) is 0 Å². The van der Waals surface area contributed by atoms with Gasteiger partial charge in [-0.3, -0.25) is 4.99 Å². The highest BCUT2D eigenvalue weighted by Crippen LogP contribution is 2.27. The van der Waals surface area contributed by atoms with Crippen molar-refractivity contribution in [2.24, 2.45) is 4.99 Å². The van der Waals surface area contributed by atoms with Gasteiger partial charge in [0.25, 0.3) is 0 Å². The van der Waals surface area contributed by atoms with Crippen molar-refractivity contribution in [1.82, 2.24) is 10.6 Å². The third-order valence-electron chi connectivity index (χ3n) is 3.50. The van der Waals surface area contributed by atoms with Crippen LogP contribution >= 0.6 is 35.7 Å². The molecule has 0 radical (unpaired) electrons. The fraction of sp³-hybridized carbons (Fsp3) is 0.278. The molecular weight excluding hydrogens is 417 g/mol. The summed E-state index contributed by atoms with van der Waals surface area (Å²) in [5, 5.41) is 6.75. The molecule has 3 rings (SSSR count). The summed E-state index contributed by atoms with van der Waals surface area (Å²) in [5.41, 5.74) is 1.26. The van der Waals surface area contributed by atoms with E-state index in [0.29, 0.717) is 6.04 Å². The lowest BCUT2D eigenvalue weighted by Gasteiger charge is -2.11. The first-order valence-corrected chi connectivity index (χ1v) is 8.44. The Labute approximate surface area is 159 Å². The predicted octanol–water partition coefficient (Wildman–Crippen LogP) is 4.28. The largest absolute Gasteiger partial charge is 0.354 e. The molecule has 1 aliphatic carbocycles. The van der Waals surface area contributed by atoms with E-state index in [2.05, 4.69) is 64.2 Å². The van der Waals surface area contributed by atoms with Gasteiger partial charge in [-0.25, -0.2) is 0 Å². The number of hydrogen-bond acceptors (Lipinski definition) is 2. The Balaban J connectivity index is 0.00000192. The van der Waals surface area contributed by atoms with E-state index in [1.165, 1.54) is 28.2 Å². The first-order valence-electron chi connectivity index (χ1n) is 7.62. The highest BCUT2D eigenvalue weighted by molar-refractivity contribution is 14.0. The first kappa shape index (κ1) is 18.1. The van der Waals surface area contributed by atoms with Crippen LogP contribution in [0.5, 0.6) is 0 Å². The zero-order valence-electron chi connectivity index (χ0n) is 13.2. The number of guanidine groups is 1. The molecule has 0 bridgehead atoms. The van der Waals surface area contributed by atoms with Crippen molar-refractivity contribution in [3.8, 4) is 0 Å². The van der Waals surface area contributed by atoms with Crippen LogP contribution in [-0.4, -0.2) is 19.0 Å². The minimum atomic E-state index is 0. The predicted molar refractivity (Wildman–Crippen MR) is 109 cm³/mol. The molecule has 2 aromatic rings. The molecule has 1 aliphatic rings. The van der Waals surface area contributed by atoms with Gasteiger partial charge >= 0.3 is 0 Å². The quantitative estimate of drug-likeness (QED) is 0.415. The second kappa shape index (κ2) is 9.17. The SMILES string of the molecule is CN=C(NCc1ccc(Sc2ccccc2)cc1)NC1CC1.I. The van der Waals surface area contributed by atoms with Crippen LogP contribution in [0.4, 0.5) is 0 Å². The minimum Gasteiger partial charge on any atom is -0.354 e. The monoisotopic (exact) mass is 439 g/mol. The zero-order chi connectivity index (χ0) is 15.2. The summed E-state index contributed by atoms with van der Waals surface area (Å²) in [6.45, 7) is 0.794. The van der Waals surface area contributed by atoms with Crippen molar-refractivity contribution < 1.29 is 0 Å². The fourth-order valence-electron chi connectivity index (χ4n) is 2.10. The number of hydrogen-bond donors (Lipinski definition) is 2. The van der Waals surface area contributed by atoms with Gasteiger partial charge in [0.2, 0.25) is 0 Å². The molecule has 0 saturated heterocycles. The Morgan fingerprint density at radius 2 is 1.70 bits per heavy atom. The standard InChI is InChI=1S/C18H21N3S.HI/c1-19-18(21-15-9-10-15)20-13-14-7-11-17(12-8-14)22-16-5-3-2-4-6-16;/h2-8,11-12,15H,9-10,13H2,1H3,(H2,19,20,21);1H. The van der Waals surface area contributed by atoms with Gasteiger partial charge in [-0.2, -0.15) is 0 Å². The lowest BCUT2D eigenvalue weighted by Crippen LogP contribution is -2.38. The number of rotatable bonds is 5. The molecule has 0 atom stereocenters. The Morgan fingerprint density at radius 3 is 2.30 bits per heavy atom. The van der Waals surface area contributed by atoms with Crippen LogP contribution in [0.15, 0.2) is 69.4 Å². The van der Waals surface area contributed by atoms with Gasteiger partial charge in [0.1, 0.15) is 0 Å². The summed E-state index contributed by atoms with van der Waals surface area (Å²) in [5.74, 6) is 0.894. The van der Waals surface area contributed by atoms with Crippen molar-refractivity contribution in [3.05, 3.63) is 60.2 Å². The van der Waals surface area contributed by atoms with Crippen molar-refractivity contribution >= 4 is 41.7 Å². The van der Waals surface area contributed by atoms with Gasteiger partial charge in [-0.05, 0) is 42.7 Å². The Hall–Kier alpha value is -1.21. The van der Waals surface area contributed by atoms with Crippen LogP contribution in [0.2, 0.25) is 0 Å². The van der Waals surface area contributed by atoms with Crippen LogP contribution in [0, 0.1) is 0 Å². The molecule has 1 saturated carbocycles. The summed E-state index contributed by atoms with van der Waals surface area (Å²) in [7, 11) is 1.82. The van der Waals surface area contributed by atoms with E-state index >= 15 is 0 Å². The lowest BCUT2D eigenvalue weighted by atomic mass is 10.2. The van der Waals surface area contributed by atoms with Crippen LogP contribution in [-0.2, 0) is 6.54 Å². The zero-order valence-corrected chi connectivity index (χ0v) is 16.3. The summed E-state index contributed by atoms with van der Waals surface area (Å²) in [4.78, 5) is 6.77. The van der Waals surface area contributed by atoms with Gasteiger partial charge in [0.05, 0.1) is 0 Å². The molecule has 122 valence electrons. The maximum Gasteiger partial charge on any atom is 0.191 e. The second-order valence-electron chi connectivity index (χ2n) is 5.40. The molecule has 23 heavy (non-hydrogen) atoms. The summed E-state index contributed by atoms with van der Waals surface area (Å²) >= 11 is 1.79. The summed E-state index contributed by atoms with van der Waals surface area (Å²) in [6.07, 6.45) is 2.51. The first-order chi connectivity index (χ1) is 10.8. The minimum absolute atomic E-state index is 0. The van der Waals surface area contributed by atoms with Crippen LogP contribution < -0.4 is 10.6 Å². The van der Waals surface area contributed by atoms with Crippen LogP contribution in [0.3, 0.4) is 0 Å². The molecule has 0 amide bonds. The number of aliphatic imine (C=N–C) groups is 1. The van der Waals surface area contributed by atoms with Gasteiger partial charge in [0, 0.05) is 29.4 Å². The van der Waals surface area contributed by atoms with E-state index in [4.69, 9.17) is 0 Å². The number of nitrogens with zero attached hydrogens (tertiary/aromatic N) is 1. The molecule has 3 nitrogen and oxygen atoms in total. The number of benzene rings is 2. The molecule has 0 aromatic heterocycles. The number of halogens is 1. The van der Waals surface area contributed by atoms with Crippen LogP contribution in [0.1, 0.15) is 18.4 Å². The normalized spacial score (nSPS) is 14.0. The van der Waals surface area contributed by atoms with E-state index < -0.39 is 0 Å². The molecule has 0 heterocycles. The molecule has 0 spiro atoms. The maximum absolute atomic E-state index is 4.25. The smallest absolute Gasteiger partial charge is 0.191 e. The van der Waals surface area contributed by atoms with E-state index in [1.807, 2.05) is 13.1 Å². The molecule has 0 aliphatic heterocycles. The molecule has 0 unspecified atom stereocenters. The molecular formula is C18H22IN3S. The summed E-state index contributed by atoms with van der Waals surface area (Å²) in [6, 6.07) is 19.7.